The maximum Gasteiger partial charge on any atom is 0.320 e. The third-order valence-electron chi connectivity index (χ3n) is 1.15. The molecule has 0 saturated carbocycles. The van der Waals surface area contributed by atoms with E-state index in [0.29, 0.717) is 0 Å². The van der Waals surface area contributed by atoms with Crippen LogP contribution in [0.5, 0.6) is 0 Å². The zero-order valence-corrected chi connectivity index (χ0v) is 6.08. The molecule has 11 heavy (non-hydrogen) atoms. The van der Waals surface area contributed by atoms with Gasteiger partial charge in [0.15, 0.2) is 0 Å². The number of aliphatic hydroxyl groups is 1. The second-order valence-corrected chi connectivity index (χ2v) is 2.18. The molecule has 0 aliphatic carbocycles. The van der Waals surface area contributed by atoms with Crippen LogP contribution in [-0.2, 0) is 4.79 Å². The summed E-state index contributed by atoms with van der Waals surface area (Å²) in [7, 11) is 0. The minimum Gasteiger partial charge on any atom is -0.480 e. The van der Waals surface area contributed by atoms with Gasteiger partial charge >= 0.3 is 5.97 Å². The quantitative estimate of drug-likeness (QED) is 0.383. The molecule has 6 N–H and O–H groups in total. The highest BCUT2D eigenvalue weighted by molar-refractivity contribution is 5.72. The molecule has 0 spiro atoms. The number of rotatable bonds is 5. The molecule has 0 saturated heterocycles. The first-order chi connectivity index (χ1) is 5.65. The first-order valence-electron chi connectivity index (χ1n) is 4.19. The highest BCUT2D eigenvalue weighted by Gasteiger charge is 2.10. The summed E-state index contributed by atoms with van der Waals surface area (Å²) in [5.41, 5.74) is 9.99. The Kier molecular flexibility index (Phi) is 3.23. The summed E-state index contributed by atoms with van der Waals surface area (Å²) in [5.74, 6) is -1.43. The summed E-state index contributed by atoms with van der Waals surface area (Å²) in [4.78, 5) is 10.3. The van der Waals surface area contributed by atoms with Crippen molar-refractivity contribution in [1.29, 1.82) is 0 Å². The summed E-state index contributed by atoms with van der Waals surface area (Å²) in [5, 5.41) is 17.2. The van der Waals surface area contributed by atoms with Gasteiger partial charge in [-0.1, -0.05) is 0 Å². The van der Waals surface area contributed by atoms with Crippen molar-refractivity contribution in [2.75, 3.05) is 0 Å². The van der Waals surface area contributed by atoms with Crippen LogP contribution >= 0.6 is 0 Å². The third kappa shape index (κ3) is 5.78. The van der Waals surface area contributed by atoms with Crippen molar-refractivity contribution in [3.05, 3.63) is 0 Å². The molecule has 0 aliphatic heterocycles. The standard InChI is InChI=1S/C6H14N2O3/c7-4(6(10)11)2-1-3-5(8)9/h4-5,9H,1-3,7-8H2,(H,10,11)/t4-,5?/m0/s1/i4+0D,5D. The Morgan fingerprint density at radius 3 is 2.45 bits per heavy atom. The molecule has 0 aliphatic rings. The van der Waals surface area contributed by atoms with Crippen molar-refractivity contribution in [3.8, 4) is 0 Å². The number of hydrogen-bond acceptors (Lipinski definition) is 4. The Balaban J connectivity index is 3.84. The van der Waals surface area contributed by atoms with E-state index in [9.17, 15) is 4.79 Å². The fraction of sp³-hybridized carbons (Fsp3) is 0.833. The van der Waals surface area contributed by atoms with Crippen molar-refractivity contribution in [1.82, 2.24) is 0 Å². The van der Waals surface area contributed by atoms with Crippen LogP contribution in [0.15, 0.2) is 0 Å². The van der Waals surface area contributed by atoms with Gasteiger partial charge in [-0.2, -0.15) is 0 Å². The van der Waals surface area contributed by atoms with Gasteiger partial charge in [0.05, 0.1) is 2.74 Å². The van der Waals surface area contributed by atoms with Crippen molar-refractivity contribution in [2.45, 2.75) is 31.5 Å². The molecule has 0 aromatic heterocycles. The molecule has 66 valence electrons. The van der Waals surface area contributed by atoms with Crippen LogP contribution < -0.4 is 11.5 Å². The topological polar surface area (TPSA) is 110 Å². The number of carboxylic acids is 1. The molecule has 0 radical (unpaired) electrons. The molecule has 0 amide bonds. The molecule has 5 nitrogen and oxygen atoms in total. The number of hydrogen-bond donors (Lipinski definition) is 4. The summed E-state index contributed by atoms with van der Waals surface area (Å²) < 4.78 is 13.9. The molecule has 5 heteroatoms. The van der Waals surface area contributed by atoms with E-state index >= 15 is 0 Å². The Morgan fingerprint density at radius 2 is 2.09 bits per heavy atom. The first kappa shape index (κ1) is 7.02. The molecule has 0 aromatic rings. The van der Waals surface area contributed by atoms with Crippen molar-refractivity contribution in [2.24, 2.45) is 11.5 Å². The van der Waals surface area contributed by atoms with E-state index in [1.54, 1.807) is 0 Å². The highest BCUT2D eigenvalue weighted by Crippen LogP contribution is 1.99. The van der Waals surface area contributed by atoms with Crippen LogP contribution in [0.4, 0.5) is 0 Å². The normalized spacial score (nSPS) is 24.3. The summed E-state index contributed by atoms with van der Waals surface area (Å²) in [6, 6.07) is -2.06. The fourth-order valence-corrected chi connectivity index (χ4v) is 0.567. The lowest BCUT2D eigenvalue weighted by molar-refractivity contribution is -0.138. The van der Waals surface area contributed by atoms with Crippen molar-refractivity contribution < 1.29 is 17.7 Å². The molecule has 0 bridgehead atoms. The lowest BCUT2D eigenvalue weighted by Gasteiger charge is -2.06. The van der Waals surface area contributed by atoms with Gasteiger partial charge in [0, 0.05) is 0 Å². The zero-order chi connectivity index (χ0) is 10.7. The Labute approximate surface area is 67.8 Å². The molecule has 0 fully saturated rings. The maximum absolute atomic E-state index is 10.3. The number of nitrogens with two attached hydrogens (primary N) is 2. The number of carbonyl (C=O) groups is 1. The second kappa shape index (κ2) is 5.06. The Morgan fingerprint density at radius 1 is 1.55 bits per heavy atom. The van der Waals surface area contributed by atoms with Crippen LogP contribution in [0.25, 0.3) is 0 Å². The predicted molar refractivity (Wildman–Crippen MR) is 39.7 cm³/mol. The van der Waals surface area contributed by atoms with E-state index < -0.39 is 18.2 Å². The van der Waals surface area contributed by atoms with Crippen LogP contribution in [0.1, 0.15) is 22.0 Å². The number of carboxylic acid groups (broad SMARTS) is 1. The van der Waals surface area contributed by atoms with Crippen LogP contribution in [-0.4, -0.2) is 28.4 Å². The molecule has 0 rings (SSSR count). The Bertz CT molecular complexity index is 191. The predicted octanol–water partition coefficient (Wildman–Crippen LogP) is -1.15. The van der Waals surface area contributed by atoms with Crippen LogP contribution in [0, 0.1) is 0 Å². The van der Waals surface area contributed by atoms with E-state index in [1.807, 2.05) is 0 Å². The van der Waals surface area contributed by atoms with Crippen LogP contribution in [0.3, 0.4) is 0 Å². The van der Waals surface area contributed by atoms with Gasteiger partial charge in [0.2, 0.25) is 0 Å². The van der Waals surface area contributed by atoms with Gasteiger partial charge in [0.1, 0.15) is 12.2 Å². The Hall–Kier alpha value is -0.650. The van der Waals surface area contributed by atoms with Gasteiger partial charge in [0.25, 0.3) is 0 Å². The van der Waals surface area contributed by atoms with E-state index in [2.05, 4.69) is 0 Å². The number of aliphatic carboxylic acids is 1. The van der Waals surface area contributed by atoms with Gasteiger partial charge in [-0.05, 0) is 19.3 Å². The van der Waals surface area contributed by atoms with Crippen molar-refractivity contribution >= 4 is 5.97 Å². The second-order valence-electron chi connectivity index (χ2n) is 2.18. The van der Waals surface area contributed by atoms with Gasteiger partial charge in [-0.25, -0.2) is 0 Å². The molecule has 1 unspecified atom stereocenters. The minimum atomic E-state index is -2.07. The molecular weight excluding hydrogens is 148 g/mol. The van der Waals surface area contributed by atoms with E-state index in [-0.39, 0.29) is 19.3 Å². The van der Waals surface area contributed by atoms with Gasteiger partial charge < -0.3 is 21.7 Å². The van der Waals surface area contributed by atoms with Crippen LogP contribution in [0.2, 0.25) is 0 Å². The summed E-state index contributed by atoms with van der Waals surface area (Å²) in [6.07, 6.45) is -2.23. The van der Waals surface area contributed by atoms with E-state index in [1.165, 1.54) is 0 Å². The van der Waals surface area contributed by atoms with Gasteiger partial charge in [-0.15, -0.1) is 0 Å². The van der Waals surface area contributed by atoms with E-state index in [4.69, 9.17) is 24.4 Å². The van der Waals surface area contributed by atoms with Gasteiger partial charge in [-0.3, -0.25) is 4.79 Å². The summed E-state index contributed by atoms with van der Waals surface area (Å²) in [6.45, 7) is 0. The average molecular weight is 164 g/mol. The first-order valence-corrected chi connectivity index (χ1v) is 3.19. The maximum atomic E-state index is 10.3. The highest BCUT2D eigenvalue weighted by atomic mass is 16.4. The van der Waals surface area contributed by atoms with E-state index in [0.717, 1.165) is 0 Å². The molecule has 0 aromatic carbocycles. The minimum absolute atomic E-state index is 0.113. The SMILES string of the molecule is [2H]C(N)(O)CCC[12C@]([2H])(N)C(=O)O. The lowest BCUT2D eigenvalue weighted by atomic mass is 10.1. The zero-order valence-electron chi connectivity index (χ0n) is 8.08. The lowest BCUT2D eigenvalue weighted by Crippen LogP contribution is -2.30. The molecule has 0 heterocycles. The molecular formula is C6H14N2O3. The van der Waals surface area contributed by atoms with Crippen molar-refractivity contribution in [3.63, 3.8) is 0 Å². The summed E-state index contributed by atoms with van der Waals surface area (Å²) >= 11 is 0. The average Bonchev–Trinajstić information content (AvgIpc) is 1.82. The molecule has 2 atom stereocenters. The fourth-order valence-electron chi connectivity index (χ4n) is 0.567. The largest absolute Gasteiger partial charge is 0.480 e. The third-order valence-corrected chi connectivity index (χ3v) is 1.15. The smallest absolute Gasteiger partial charge is 0.320 e. The monoisotopic (exact) mass is 164 g/mol.